The minimum Gasteiger partial charge on any atom is -0.374 e. The van der Waals surface area contributed by atoms with Gasteiger partial charge in [-0.2, -0.15) is 0 Å². The Labute approximate surface area is 110 Å². The van der Waals surface area contributed by atoms with Crippen LogP contribution in [0.5, 0.6) is 0 Å². The Bertz CT molecular complexity index is 336. The van der Waals surface area contributed by atoms with Gasteiger partial charge in [0.05, 0.1) is 12.2 Å². The van der Waals surface area contributed by atoms with Gasteiger partial charge in [0.25, 0.3) is 0 Å². The Hall–Kier alpha value is -0.370. The second-order valence-electron chi connectivity index (χ2n) is 7.22. The normalized spacial score (nSPS) is 47.4. The van der Waals surface area contributed by atoms with Crippen LogP contribution in [0.15, 0.2) is 0 Å². The van der Waals surface area contributed by atoms with Crippen molar-refractivity contribution in [3.63, 3.8) is 0 Å². The number of ketones is 1. The molecule has 0 aliphatic heterocycles. The fourth-order valence-corrected chi connectivity index (χ4v) is 4.14. The van der Waals surface area contributed by atoms with Gasteiger partial charge in [-0.05, 0) is 42.9 Å². The lowest BCUT2D eigenvalue weighted by molar-refractivity contribution is -0.122. The van der Waals surface area contributed by atoms with Crippen LogP contribution in [0.25, 0.3) is 0 Å². The minimum absolute atomic E-state index is 0.263. The van der Waals surface area contributed by atoms with Gasteiger partial charge in [-0.3, -0.25) is 4.79 Å². The van der Waals surface area contributed by atoms with Crippen LogP contribution in [0.3, 0.4) is 0 Å². The first-order valence-corrected chi connectivity index (χ1v) is 7.74. The Morgan fingerprint density at radius 3 is 2.50 bits per heavy atom. The lowest BCUT2D eigenvalue weighted by Crippen LogP contribution is -2.37. The van der Waals surface area contributed by atoms with Crippen molar-refractivity contribution < 1.29 is 9.53 Å². The van der Waals surface area contributed by atoms with Crippen molar-refractivity contribution in [1.29, 1.82) is 0 Å². The average Bonchev–Trinajstić information content (AvgIpc) is 3.02. The van der Waals surface area contributed by atoms with Crippen LogP contribution in [-0.4, -0.2) is 18.0 Å². The highest BCUT2D eigenvalue weighted by molar-refractivity contribution is 5.87. The van der Waals surface area contributed by atoms with E-state index in [1.54, 1.807) is 0 Å². The summed E-state index contributed by atoms with van der Waals surface area (Å²) < 4.78 is 6.40. The first-order chi connectivity index (χ1) is 8.56. The van der Waals surface area contributed by atoms with E-state index in [9.17, 15) is 4.79 Å². The van der Waals surface area contributed by atoms with Crippen LogP contribution < -0.4 is 0 Å². The van der Waals surface area contributed by atoms with Crippen LogP contribution >= 0.6 is 0 Å². The maximum atomic E-state index is 11.7. The van der Waals surface area contributed by atoms with Crippen molar-refractivity contribution in [2.24, 2.45) is 29.6 Å². The lowest BCUT2D eigenvalue weighted by Gasteiger charge is -2.38. The largest absolute Gasteiger partial charge is 0.374 e. The maximum absolute atomic E-state index is 11.7. The summed E-state index contributed by atoms with van der Waals surface area (Å²) in [5, 5.41) is 0. The molecule has 0 radical (unpaired) electrons. The third-order valence-corrected chi connectivity index (χ3v) is 5.44. The highest BCUT2D eigenvalue weighted by Gasteiger charge is 2.55. The third kappa shape index (κ3) is 2.24. The second kappa shape index (κ2) is 4.63. The van der Waals surface area contributed by atoms with E-state index in [4.69, 9.17) is 4.74 Å². The van der Waals surface area contributed by atoms with E-state index in [-0.39, 0.29) is 6.10 Å². The van der Waals surface area contributed by atoms with Crippen molar-refractivity contribution in [1.82, 2.24) is 0 Å². The molecule has 6 atom stereocenters. The predicted octanol–water partition coefficient (Wildman–Crippen LogP) is 3.44. The van der Waals surface area contributed by atoms with Crippen LogP contribution in [0.4, 0.5) is 0 Å². The number of carbonyl (C=O) groups is 1. The number of rotatable bonds is 3. The summed E-state index contributed by atoms with van der Waals surface area (Å²) in [5.74, 6) is 3.63. The van der Waals surface area contributed by atoms with E-state index in [2.05, 4.69) is 20.8 Å². The van der Waals surface area contributed by atoms with Gasteiger partial charge in [-0.25, -0.2) is 0 Å². The summed E-state index contributed by atoms with van der Waals surface area (Å²) in [6.45, 7) is 6.97. The Morgan fingerprint density at radius 2 is 1.94 bits per heavy atom. The van der Waals surface area contributed by atoms with Gasteiger partial charge in [-0.15, -0.1) is 0 Å². The minimum atomic E-state index is 0.263. The molecular weight excluding hydrogens is 224 g/mol. The van der Waals surface area contributed by atoms with E-state index >= 15 is 0 Å². The zero-order chi connectivity index (χ0) is 12.9. The summed E-state index contributed by atoms with van der Waals surface area (Å²) in [6.07, 6.45) is 6.33. The van der Waals surface area contributed by atoms with E-state index in [0.29, 0.717) is 42.0 Å². The standard InChI is InChI=1S/C16H26O2/c1-9(2)11-5-4-10(3)6-15(11)18-16-8-14(17)12-7-13(12)16/h9-13,15-16H,4-8H2,1-3H3/t10-,11+,12+,13-,15-,16-/m0/s1. The summed E-state index contributed by atoms with van der Waals surface area (Å²) in [5.41, 5.74) is 0. The van der Waals surface area contributed by atoms with Crippen LogP contribution in [0.1, 0.15) is 52.9 Å². The molecule has 0 aromatic carbocycles. The molecule has 3 saturated carbocycles. The zero-order valence-corrected chi connectivity index (χ0v) is 11.9. The van der Waals surface area contributed by atoms with Crippen molar-refractivity contribution in [2.45, 2.75) is 65.1 Å². The Kier molecular flexibility index (Phi) is 3.25. The van der Waals surface area contributed by atoms with Gasteiger partial charge in [-0.1, -0.05) is 27.2 Å². The van der Waals surface area contributed by atoms with Gasteiger partial charge in [0.1, 0.15) is 5.78 Å². The zero-order valence-electron chi connectivity index (χ0n) is 11.9. The first kappa shape index (κ1) is 12.7. The average molecular weight is 250 g/mol. The molecule has 0 saturated heterocycles. The Balaban J connectivity index is 1.63. The van der Waals surface area contributed by atoms with Crippen LogP contribution in [0.2, 0.25) is 0 Å². The molecular formula is C16H26O2. The number of hydrogen-bond acceptors (Lipinski definition) is 2. The molecule has 0 bridgehead atoms. The highest BCUT2D eigenvalue weighted by Crippen LogP contribution is 2.52. The molecule has 2 heteroatoms. The lowest BCUT2D eigenvalue weighted by atomic mass is 9.75. The van der Waals surface area contributed by atoms with Crippen molar-refractivity contribution in [3.05, 3.63) is 0 Å². The third-order valence-electron chi connectivity index (χ3n) is 5.44. The summed E-state index contributed by atoms with van der Waals surface area (Å²) in [6, 6.07) is 0. The summed E-state index contributed by atoms with van der Waals surface area (Å²) in [4.78, 5) is 11.7. The molecule has 18 heavy (non-hydrogen) atoms. The topological polar surface area (TPSA) is 26.3 Å². The smallest absolute Gasteiger partial charge is 0.138 e. The molecule has 0 amide bonds. The molecule has 0 unspecified atom stereocenters. The van der Waals surface area contributed by atoms with Gasteiger partial charge in [0.2, 0.25) is 0 Å². The van der Waals surface area contributed by atoms with Crippen molar-refractivity contribution in [3.8, 4) is 0 Å². The number of Topliss-reactive ketones (excluding diaryl/α,β-unsaturated/α-hetero) is 1. The molecule has 2 nitrogen and oxygen atoms in total. The van der Waals surface area contributed by atoms with E-state index < -0.39 is 0 Å². The molecule has 0 N–H and O–H groups in total. The summed E-state index contributed by atoms with van der Waals surface area (Å²) >= 11 is 0. The highest BCUT2D eigenvalue weighted by atomic mass is 16.5. The SMILES string of the molecule is CC(C)[C@H]1CC[C@H](C)C[C@@H]1O[C@H]1CC(=O)[C@@H]2C[C@H]12. The Morgan fingerprint density at radius 1 is 1.17 bits per heavy atom. The summed E-state index contributed by atoms with van der Waals surface area (Å²) in [7, 11) is 0. The van der Waals surface area contributed by atoms with Gasteiger partial charge >= 0.3 is 0 Å². The van der Waals surface area contributed by atoms with Gasteiger partial charge in [0, 0.05) is 12.3 Å². The predicted molar refractivity (Wildman–Crippen MR) is 71.2 cm³/mol. The quantitative estimate of drug-likeness (QED) is 0.767. The molecule has 3 fully saturated rings. The molecule has 3 aliphatic carbocycles. The first-order valence-electron chi connectivity index (χ1n) is 7.74. The van der Waals surface area contributed by atoms with Crippen LogP contribution in [0, 0.1) is 29.6 Å². The number of ether oxygens (including phenoxy) is 1. The van der Waals surface area contributed by atoms with Gasteiger partial charge < -0.3 is 4.74 Å². The van der Waals surface area contributed by atoms with Crippen LogP contribution in [-0.2, 0) is 9.53 Å². The van der Waals surface area contributed by atoms with Crippen molar-refractivity contribution >= 4 is 5.78 Å². The maximum Gasteiger partial charge on any atom is 0.138 e. The fourth-order valence-electron chi connectivity index (χ4n) is 4.14. The van der Waals surface area contributed by atoms with Gasteiger partial charge in [0.15, 0.2) is 0 Å². The number of fused-ring (bicyclic) bond motifs is 1. The van der Waals surface area contributed by atoms with E-state index in [1.807, 2.05) is 0 Å². The molecule has 3 rings (SSSR count). The van der Waals surface area contributed by atoms with E-state index in [1.165, 1.54) is 19.3 Å². The molecule has 0 heterocycles. The fraction of sp³-hybridized carbons (Fsp3) is 0.938. The van der Waals surface area contributed by atoms with E-state index in [0.717, 1.165) is 12.3 Å². The molecule has 3 aliphatic rings. The number of hydrogen-bond donors (Lipinski definition) is 0. The molecule has 0 spiro atoms. The monoisotopic (exact) mass is 250 g/mol. The molecule has 0 aromatic rings. The number of carbonyl (C=O) groups excluding carboxylic acids is 1. The van der Waals surface area contributed by atoms with Crippen molar-refractivity contribution in [2.75, 3.05) is 0 Å². The molecule has 0 aromatic heterocycles. The second-order valence-corrected chi connectivity index (χ2v) is 7.22. The molecule has 102 valence electrons.